The van der Waals surface area contributed by atoms with Crippen LogP contribution in [0.4, 0.5) is 5.95 Å². The maximum Gasteiger partial charge on any atom is 0.225 e. The van der Waals surface area contributed by atoms with E-state index in [-0.39, 0.29) is 6.10 Å². The zero-order chi connectivity index (χ0) is 13.2. The predicted molar refractivity (Wildman–Crippen MR) is 75.0 cm³/mol. The number of hydrogen-bond acceptors (Lipinski definition) is 4. The lowest BCUT2D eigenvalue weighted by molar-refractivity contribution is 0.198. The van der Waals surface area contributed by atoms with Crippen molar-refractivity contribution >= 4 is 5.95 Å². The predicted octanol–water partition coefficient (Wildman–Crippen LogP) is 2.02. The molecular formula is C15H17N3O. The van der Waals surface area contributed by atoms with Gasteiger partial charge >= 0.3 is 0 Å². The number of anilines is 1. The molecule has 1 N–H and O–H groups in total. The van der Waals surface area contributed by atoms with Gasteiger partial charge in [0.25, 0.3) is 0 Å². The molecule has 0 aliphatic carbocycles. The van der Waals surface area contributed by atoms with Gasteiger partial charge in [-0.05, 0) is 18.9 Å². The normalized spacial score (nSPS) is 18.8. The second-order valence-corrected chi connectivity index (χ2v) is 5.03. The third kappa shape index (κ3) is 2.58. The van der Waals surface area contributed by atoms with Crippen molar-refractivity contribution in [1.82, 2.24) is 9.97 Å². The summed E-state index contributed by atoms with van der Waals surface area (Å²) in [5, 5.41) is 9.52. The maximum atomic E-state index is 9.52. The highest BCUT2D eigenvalue weighted by molar-refractivity contribution is 5.62. The zero-order valence-electron chi connectivity index (χ0n) is 11.0. The van der Waals surface area contributed by atoms with E-state index in [2.05, 4.69) is 41.2 Å². The Morgan fingerprint density at radius 3 is 2.37 bits per heavy atom. The first kappa shape index (κ1) is 12.1. The van der Waals surface area contributed by atoms with Crippen molar-refractivity contribution in [3.63, 3.8) is 0 Å². The highest BCUT2D eigenvalue weighted by Crippen LogP contribution is 2.21. The number of aliphatic hydroxyl groups is 1. The van der Waals surface area contributed by atoms with Gasteiger partial charge in [-0.15, -0.1) is 0 Å². The number of aliphatic hydroxyl groups excluding tert-OH is 1. The topological polar surface area (TPSA) is 49.2 Å². The number of hydrogen-bond donors (Lipinski definition) is 1. The van der Waals surface area contributed by atoms with Crippen LogP contribution in [-0.2, 0) is 0 Å². The van der Waals surface area contributed by atoms with E-state index in [1.165, 1.54) is 5.56 Å². The van der Waals surface area contributed by atoms with Gasteiger partial charge in [0.2, 0.25) is 5.95 Å². The Hall–Kier alpha value is -1.94. The van der Waals surface area contributed by atoms with Crippen LogP contribution in [0.3, 0.4) is 0 Å². The molecule has 0 radical (unpaired) electrons. The van der Waals surface area contributed by atoms with Crippen LogP contribution in [0.15, 0.2) is 36.7 Å². The van der Waals surface area contributed by atoms with E-state index in [0.717, 1.165) is 24.1 Å². The Morgan fingerprint density at radius 1 is 1.11 bits per heavy atom. The molecule has 2 aromatic rings. The molecule has 3 rings (SSSR count). The molecule has 2 heterocycles. The summed E-state index contributed by atoms with van der Waals surface area (Å²) in [4.78, 5) is 10.8. The van der Waals surface area contributed by atoms with Crippen molar-refractivity contribution in [2.75, 3.05) is 18.0 Å². The minimum absolute atomic E-state index is 0.250. The summed E-state index contributed by atoms with van der Waals surface area (Å²) in [5.41, 5.74) is 3.38. The first-order valence-corrected chi connectivity index (χ1v) is 6.54. The Balaban J connectivity index is 1.80. The van der Waals surface area contributed by atoms with Gasteiger partial charge in [-0.3, -0.25) is 0 Å². The van der Waals surface area contributed by atoms with E-state index in [4.69, 9.17) is 0 Å². The quantitative estimate of drug-likeness (QED) is 0.892. The summed E-state index contributed by atoms with van der Waals surface area (Å²) in [6.45, 7) is 3.52. The van der Waals surface area contributed by atoms with Crippen LogP contribution in [-0.4, -0.2) is 34.3 Å². The summed E-state index contributed by atoms with van der Waals surface area (Å²) < 4.78 is 0. The van der Waals surface area contributed by atoms with Crippen molar-refractivity contribution in [2.45, 2.75) is 19.4 Å². The van der Waals surface area contributed by atoms with E-state index in [9.17, 15) is 5.11 Å². The maximum absolute atomic E-state index is 9.52. The minimum atomic E-state index is -0.250. The molecule has 1 unspecified atom stereocenters. The molecule has 0 saturated carbocycles. The molecule has 0 spiro atoms. The average Bonchev–Trinajstić information content (AvgIpc) is 2.87. The van der Waals surface area contributed by atoms with Crippen molar-refractivity contribution in [3.05, 3.63) is 42.2 Å². The molecular weight excluding hydrogens is 238 g/mol. The van der Waals surface area contributed by atoms with E-state index in [1.54, 1.807) is 0 Å². The molecule has 19 heavy (non-hydrogen) atoms. The molecule has 1 aliphatic rings. The van der Waals surface area contributed by atoms with Crippen LogP contribution in [0.2, 0.25) is 0 Å². The molecule has 1 aromatic heterocycles. The van der Waals surface area contributed by atoms with Gasteiger partial charge in [0.05, 0.1) is 6.10 Å². The highest BCUT2D eigenvalue weighted by atomic mass is 16.3. The zero-order valence-corrected chi connectivity index (χ0v) is 11.0. The monoisotopic (exact) mass is 255 g/mol. The lowest BCUT2D eigenvalue weighted by Crippen LogP contribution is -2.23. The van der Waals surface area contributed by atoms with Gasteiger partial charge in [0, 0.05) is 31.0 Å². The van der Waals surface area contributed by atoms with Gasteiger partial charge in [-0.2, -0.15) is 0 Å². The van der Waals surface area contributed by atoms with Crippen LogP contribution >= 0.6 is 0 Å². The molecule has 0 amide bonds. The van der Waals surface area contributed by atoms with Gasteiger partial charge in [0.15, 0.2) is 0 Å². The number of aromatic nitrogens is 2. The number of benzene rings is 1. The molecule has 1 aromatic carbocycles. The van der Waals surface area contributed by atoms with Gasteiger partial charge in [-0.1, -0.05) is 29.8 Å². The fourth-order valence-electron chi connectivity index (χ4n) is 2.30. The molecule has 1 fully saturated rings. The van der Waals surface area contributed by atoms with E-state index >= 15 is 0 Å². The van der Waals surface area contributed by atoms with Crippen LogP contribution in [0.25, 0.3) is 11.1 Å². The van der Waals surface area contributed by atoms with Crippen LogP contribution in [0, 0.1) is 6.92 Å². The van der Waals surface area contributed by atoms with Crippen molar-refractivity contribution < 1.29 is 5.11 Å². The number of rotatable bonds is 2. The van der Waals surface area contributed by atoms with Crippen LogP contribution in [0.1, 0.15) is 12.0 Å². The lowest BCUT2D eigenvalue weighted by atomic mass is 10.1. The molecule has 1 atom stereocenters. The summed E-state index contributed by atoms with van der Waals surface area (Å²) in [6.07, 6.45) is 4.23. The van der Waals surface area contributed by atoms with E-state index in [1.807, 2.05) is 17.3 Å². The second-order valence-electron chi connectivity index (χ2n) is 5.03. The van der Waals surface area contributed by atoms with Crippen LogP contribution < -0.4 is 4.90 Å². The number of aryl methyl sites for hydroxylation is 1. The molecule has 1 saturated heterocycles. The van der Waals surface area contributed by atoms with Crippen molar-refractivity contribution in [3.8, 4) is 11.1 Å². The first-order valence-electron chi connectivity index (χ1n) is 6.54. The summed E-state index contributed by atoms with van der Waals surface area (Å²) in [7, 11) is 0. The standard InChI is InChI=1S/C15H17N3O/c1-11-2-4-12(5-3-11)13-8-16-15(17-9-13)18-7-6-14(19)10-18/h2-5,8-9,14,19H,6-7,10H2,1H3. The Bertz CT molecular complexity index is 551. The van der Waals surface area contributed by atoms with E-state index in [0.29, 0.717) is 12.5 Å². The number of β-amino-alcohol motifs (C(OH)–C–C–N with tert-alkyl or cyclic N) is 1. The molecule has 1 aliphatic heterocycles. The smallest absolute Gasteiger partial charge is 0.225 e. The second kappa shape index (κ2) is 4.97. The third-order valence-corrected chi connectivity index (χ3v) is 3.47. The summed E-state index contributed by atoms with van der Waals surface area (Å²) >= 11 is 0. The number of nitrogens with zero attached hydrogens (tertiary/aromatic N) is 3. The molecule has 4 nitrogen and oxygen atoms in total. The van der Waals surface area contributed by atoms with Gasteiger partial charge < -0.3 is 10.0 Å². The fourth-order valence-corrected chi connectivity index (χ4v) is 2.30. The summed E-state index contributed by atoms with van der Waals surface area (Å²) in [6, 6.07) is 8.32. The Labute approximate surface area is 112 Å². The fraction of sp³-hybridized carbons (Fsp3) is 0.333. The largest absolute Gasteiger partial charge is 0.391 e. The lowest BCUT2D eigenvalue weighted by Gasteiger charge is -2.15. The van der Waals surface area contributed by atoms with Crippen molar-refractivity contribution in [1.29, 1.82) is 0 Å². The Kier molecular flexibility index (Phi) is 3.17. The molecule has 0 bridgehead atoms. The Morgan fingerprint density at radius 2 is 1.79 bits per heavy atom. The van der Waals surface area contributed by atoms with Crippen molar-refractivity contribution in [2.24, 2.45) is 0 Å². The van der Waals surface area contributed by atoms with Gasteiger partial charge in [-0.25, -0.2) is 9.97 Å². The molecule has 98 valence electrons. The average molecular weight is 255 g/mol. The summed E-state index contributed by atoms with van der Waals surface area (Å²) in [5.74, 6) is 0.701. The van der Waals surface area contributed by atoms with E-state index < -0.39 is 0 Å². The third-order valence-electron chi connectivity index (χ3n) is 3.47. The van der Waals surface area contributed by atoms with Crippen LogP contribution in [0.5, 0.6) is 0 Å². The van der Waals surface area contributed by atoms with Gasteiger partial charge in [0.1, 0.15) is 0 Å². The SMILES string of the molecule is Cc1ccc(-c2cnc(N3CCC(O)C3)nc2)cc1. The first-order chi connectivity index (χ1) is 9.22. The molecule has 4 heteroatoms. The highest BCUT2D eigenvalue weighted by Gasteiger charge is 2.22. The minimum Gasteiger partial charge on any atom is -0.391 e.